The summed E-state index contributed by atoms with van der Waals surface area (Å²) in [6.07, 6.45) is 1.01. The molecule has 0 unspecified atom stereocenters. The monoisotopic (exact) mass is 509 g/mol. The summed E-state index contributed by atoms with van der Waals surface area (Å²) in [5.41, 5.74) is 3.09. The van der Waals surface area contributed by atoms with Crippen LogP contribution in [0, 0.1) is 0 Å². The first-order valence-electron chi connectivity index (χ1n) is 11.0. The number of benzene rings is 3. The van der Waals surface area contributed by atoms with E-state index in [-0.39, 0.29) is 17.1 Å². The topological polar surface area (TPSA) is 85.6 Å². The Morgan fingerprint density at radius 2 is 1.91 bits per heavy atom. The zero-order valence-corrected chi connectivity index (χ0v) is 21.0. The lowest BCUT2D eigenvalue weighted by molar-refractivity contribution is 0.0977. The van der Waals surface area contributed by atoms with Crippen molar-refractivity contribution in [2.24, 2.45) is 0 Å². The highest BCUT2D eigenvalue weighted by Gasteiger charge is 2.13. The lowest BCUT2D eigenvalue weighted by Gasteiger charge is -2.13. The Morgan fingerprint density at radius 3 is 2.60 bits per heavy atom. The second-order valence-corrected chi connectivity index (χ2v) is 8.64. The van der Waals surface area contributed by atoms with Gasteiger partial charge >= 0.3 is 0 Å². The minimum absolute atomic E-state index is 0.110. The molecule has 1 amide bonds. The molecule has 180 valence electrons. The quantitative estimate of drug-likeness (QED) is 0.276. The molecular weight excluding hydrogens is 486 g/mol. The zero-order chi connectivity index (χ0) is 24.9. The van der Waals surface area contributed by atoms with Gasteiger partial charge in [-0.15, -0.1) is 0 Å². The van der Waals surface area contributed by atoms with Gasteiger partial charge in [0.15, 0.2) is 10.7 Å². The maximum Gasteiger partial charge on any atom is 0.257 e. The van der Waals surface area contributed by atoms with Crippen LogP contribution in [0.4, 0.5) is 5.69 Å². The van der Waals surface area contributed by atoms with E-state index in [4.69, 9.17) is 37.7 Å². The Bertz CT molecular complexity index is 1370. The van der Waals surface area contributed by atoms with Crippen LogP contribution >= 0.6 is 23.8 Å². The van der Waals surface area contributed by atoms with Gasteiger partial charge < -0.3 is 19.2 Å². The summed E-state index contributed by atoms with van der Waals surface area (Å²) in [6.45, 7) is 4.05. The van der Waals surface area contributed by atoms with Gasteiger partial charge in [-0.1, -0.05) is 18.5 Å². The van der Waals surface area contributed by atoms with Crippen LogP contribution in [0.1, 0.15) is 30.6 Å². The number of halogens is 1. The van der Waals surface area contributed by atoms with E-state index in [2.05, 4.69) is 22.5 Å². The number of nitrogens with zero attached hydrogens (tertiary/aromatic N) is 1. The van der Waals surface area contributed by atoms with Gasteiger partial charge in [0.1, 0.15) is 17.0 Å². The number of thiocarbonyl (C=S) groups is 1. The molecule has 0 radical (unpaired) electrons. The molecule has 4 aromatic rings. The molecule has 1 heterocycles. The Hall–Kier alpha value is -3.62. The molecule has 7 nitrogen and oxygen atoms in total. The molecule has 0 spiro atoms. The minimum atomic E-state index is -0.321. The molecule has 1 atom stereocenters. The molecule has 1 aromatic heterocycles. The molecule has 3 aromatic carbocycles. The standard InChI is InChI=1S/C26H24ClN3O4S/c1-4-15(2)33-19-9-5-16(6-10-19)24(31)30-26(35)28-18-8-12-23-21(14-18)29-25(34-23)17-7-11-22(32-3)20(27)13-17/h5-15H,4H2,1-3H3,(H2,28,30,31,35)/t15-/m0/s1. The van der Waals surface area contributed by atoms with Crippen LogP contribution in [0.2, 0.25) is 5.02 Å². The SMILES string of the molecule is CC[C@H](C)Oc1ccc(C(=O)NC(=S)Nc2ccc3oc(-c4ccc(OC)c(Cl)c4)nc3c2)cc1. The molecule has 0 saturated heterocycles. The van der Waals surface area contributed by atoms with E-state index >= 15 is 0 Å². The maximum absolute atomic E-state index is 12.6. The first kappa shape index (κ1) is 24.5. The van der Waals surface area contributed by atoms with E-state index in [1.807, 2.05) is 13.0 Å². The van der Waals surface area contributed by atoms with Crippen molar-refractivity contribution in [3.63, 3.8) is 0 Å². The van der Waals surface area contributed by atoms with E-state index in [0.717, 1.165) is 12.0 Å². The first-order chi connectivity index (χ1) is 16.9. The summed E-state index contributed by atoms with van der Waals surface area (Å²) < 4.78 is 16.8. The predicted octanol–water partition coefficient (Wildman–Crippen LogP) is 6.46. The number of nitrogens with one attached hydrogen (secondary N) is 2. The number of rotatable bonds is 7. The van der Waals surface area contributed by atoms with Crippen molar-refractivity contribution < 1.29 is 18.7 Å². The van der Waals surface area contributed by atoms with Gasteiger partial charge in [-0.2, -0.15) is 0 Å². The second kappa shape index (κ2) is 10.8. The number of carbonyl (C=O) groups excluding carboxylic acids is 1. The normalized spacial score (nSPS) is 11.7. The number of hydrogen-bond acceptors (Lipinski definition) is 6. The van der Waals surface area contributed by atoms with E-state index < -0.39 is 0 Å². The highest BCUT2D eigenvalue weighted by atomic mass is 35.5. The first-order valence-corrected chi connectivity index (χ1v) is 11.8. The number of fused-ring (bicyclic) bond motifs is 1. The Kier molecular flexibility index (Phi) is 7.53. The molecule has 9 heteroatoms. The Balaban J connectivity index is 1.41. The second-order valence-electron chi connectivity index (χ2n) is 7.82. The number of ether oxygens (including phenoxy) is 2. The van der Waals surface area contributed by atoms with Crippen LogP contribution in [0.15, 0.2) is 65.1 Å². The number of methoxy groups -OCH3 is 1. The number of anilines is 1. The molecule has 2 N–H and O–H groups in total. The van der Waals surface area contributed by atoms with Crippen LogP contribution in [0.5, 0.6) is 11.5 Å². The van der Waals surface area contributed by atoms with E-state index in [1.54, 1.807) is 61.7 Å². The fourth-order valence-electron chi connectivity index (χ4n) is 3.27. The molecule has 0 aliphatic rings. The van der Waals surface area contributed by atoms with Crippen molar-refractivity contribution in [3.8, 4) is 23.0 Å². The van der Waals surface area contributed by atoms with Gasteiger partial charge in [-0.25, -0.2) is 4.98 Å². The van der Waals surface area contributed by atoms with E-state index in [9.17, 15) is 4.79 Å². The summed E-state index contributed by atoms with van der Waals surface area (Å²) in [7, 11) is 1.56. The third-order valence-corrected chi connectivity index (χ3v) is 5.80. The van der Waals surface area contributed by atoms with Crippen molar-refractivity contribution in [1.82, 2.24) is 10.3 Å². The molecule has 0 fully saturated rings. The van der Waals surface area contributed by atoms with Gasteiger partial charge in [-0.3, -0.25) is 10.1 Å². The number of carbonyl (C=O) groups is 1. The third-order valence-electron chi connectivity index (χ3n) is 5.30. The van der Waals surface area contributed by atoms with Crippen LogP contribution in [-0.4, -0.2) is 29.2 Å². The van der Waals surface area contributed by atoms with Gasteiger partial charge in [0, 0.05) is 16.8 Å². The van der Waals surface area contributed by atoms with Gasteiger partial charge in [0.2, 0.25) is 5.89 Å². The van der Waals surface area contributed by atoms with E-state index in [1.165, 1.54) is 0 Å². The van der Waals surface area contributed by atoms with Crippen molar-refractivity contribution >= 4 is 51.6 Å². The van der Waals surface area contributed by atoms with Gasteiger partial charge in [0.05, 0.1) is 18.2 Å². The number of aromatic nitrogens is 1. The summed E-state index contributed by atoms with van der Waals surface area (Å²) >= 11 is 11.5. The predicted molar refractivity (Wildman–Crippen MR) is 142 cm³/mol. The number of oxazole rings is 1. The molecule has 0 aliphatic heterocycles. The Morgan fingerprint density at radius 1 is 1.14 bits per heavy atom. The van der Waals surface area contributed by atoms with Crippen molar-refractivity contribution in [2.45, 2.75) is 26.4 Å². The average Bonchev–Trinajstić information content (AvgIpc) is 3.27. The average molecular weight is 510 g/mol. The largest absolute Gasteiger partial charge is 0.495 e. The van der Waals surface area contributed by atoms with Crippen LogP contribution < -0.4 is 20.1 Å². The maximum atomic E-state index is 12.6. The summed E-state index contributed by atoms with van der Waals surface area (Å²) in [6, 6.07) is 17.6. The molecule has 4 rings (SSSR count). The van der Waals surface area contributed by atoms with Gasteiger partial charge in [0.25, 0.3) is 5.91 Å². The summed E-state index contributed by atoms with van der Waals surface area (Å²) in [5, 5.41) is 6.32. The molecular formula is C26H24ClN3O4S. The smallest absolute Gasteiger partial charge is 0.257 e. The molecule has 0 saturated carbocycles. The third kappa shape index (κ3) is 5.90. The fraction of sp³-hybridized carbons (Fsp3) is 0.192. The molecule has 0 bridgehead atoms. The van der Waals surface area contributed by atoms with Crippen molar-refractivity contribution in [1.29, 1.82) is 0 Å². The lowest BCUT2D eigenvalue weighted by Crippen LogP contribution is -2.34. The lowest BCUT2D eigenvalue weighted by atomic mass is 10.2. The van der Waals surface area contributed by atoms with E-state index in [0.29, 0.717) is 44.8 Å². The summed E-state index contributed by atoms with van der Waals surface area (Å²) in [5.74, 6) is 1.40. The van der Waals surface area contributed by atoms with Crippen LogP contribution in [0.25, 0.3) is 22.6 Å². The van der Waals surface area contributed by atoms with Gasteiger partial charge in [-0.05, 0) is 86.2 Å². The molecule has 0 aliphatic carbocycles. The number of hydrogen-bond donors (Lipinski definition) is 2. The van der Waals surface area contributed by atoms with Crippen LogP contribution in [-0.2, 0) is 0 Å². The van der Waals surface area contributed by atoms with Crippen molar-refractivity contribution in [3.05, 3.63) is 71.2 Å². The van der Waals surface area contributed by atoms with Crippen LogP contribution in [0.3, 0.4) is 0 Å². The summed E-state index contributed by atoms with van der Waals surface area (Å²) in [4.78, 5) is 17.1. The molecule has 35 heavy (non-hydrogen) atoms. The zero-order valence-electron chi connectivity index (χ0n) is 19.4. The highest BCUT2D eigenvalue weighted by molar-refractivity contribution is 7.80. The fourth-order valence-corrected chi connectivity index (χ4v) is 3.73. The highest BCUT2D eigenvalue weighted by Crippen LogP contribution is 2.32. The Labute approximate surface area is 213 Å². The number of amides is 1. The van der Waals surface area contributed by atoms with Crippen molar-refractivity contribution in [2.75, 3.05) is 12.4 Å². The minimum Gasteiger partial charge on any atom is -0.495 e.